The Balaban J connectivity index is 1.39. The minimum absolute atomic E-state index is 0.235. The number of carbonyl (C=O) groups is 1. The van der Waals surface area contributed by atoms with Gasteiger partial charge in [-0.25, -0.2) is 9.50 Å². The van der Waals surface area contributed by atoms with Gasteiger partial charge in [0.1, 0.15) is 12.1 Å². The van der Waals surface area contributed by atoms with Gasteiger partial charge in [0.05, 0.1) is 12.8 Å². The molecule has 0 spiro atoms. The molecule has 4 rings (SSSR count). The molecule has 0 unspecified atom stereocenters. The Morgan fingerprint density at radius 2 is 2.31 bits per heavy atom. The van der Waals surface area contributed by atoms with E-state index in [9.17, 15) is 4.79 Å². The van der Waals surface area contributed by atoms with E-state index in [1.807, 2.05) is 29.6 Å². The van der Waals surface area contributed by atoms with Crippen LogP contribution >= 0.6 is 11.3 Å². The topological polar surface area (TPSA) is 94.5 Å². The first-order valence-corrected chi connectivity index (χ1v) is 8.78. The van der Waals surface area contributed by atoms with Crippen LogP contribution in [0.25, 0.3) is 16.3 Å². The van der Waals surface area contributed by atoms with Gasteiger partial charge in [-0.1, -0.05) is 17.3 Å². The minimum Gasteiger partial charge on any atom is -0.497 e. The first-order chi connectivity index (χ1) is 12.7. The number of fused-ring (bicyclic) bond motifs is 1. The van der Waals surface area contributed by atoms with Crippen molar-refractivity contribution in [1.29, 1.82) is 0 Å². The number of thiazole rings is 1. The number of carbonyl (C=O) groups excluding carboxylic acids is 1. The van der Waals surface area contributed by atoms with Crippen LogP contribution in [0.4, 0.5) is 0 Å². The van der Waals surface area contributed by atoms with Gasteiger partial charge in [0, 0.05) is 30.0 Å². The molecule has 4 aromatic rings. The molecule has 26 heavy (non-hydrogen) atoms. The molecule has 9 heteroatoms. The molecule has 132 valence electrons. The molecule has 0 bridgehead atoms. The smallest absolute Gasteiger partial charge is 0.273 e. The number of aromatic nitrogens is 4. The van der Waals surface area contributed by atoms with Crippen LogP contribution in [-0.4, -0.2) is 39.3 Å². The molecular formula is C17H15N5O3S. The summed E-state index contributed by atoms with van der Waals surface area (Å²) in [6, 6.07) is 8.99. The van der Waals surface area contributed by atoms with Crippen LogP contribution in [0.5, 0.6) is 5.75 Å². The maximum absolute atomic E-state index is 12.3. The van der Waals surface area contributed by atoms with Crippen molar-refractivity contribution in [2.75, 3.05) is 13.7 Å². The average molecular weight is 369 g/mol. The summed E-state index contributed by atoms with van der Waals surface area (Å²) in [4.78, 5) is 17.2. The van der Waals surface area contributed by atoms with Gasteiger partial charge in [-0.3, -0.25) is 4.79 Å². The third-order valence-corrected chi connectivity index (χ3v) is 4.73. The fourth-order valence-electron chi connectivity index (χ4n) is 2.53. The van der Waals surface area contributed by atoms with Crippen LogP contribution in [0.15, 0.2) is 46.6 Å². The molecule has 0 saturated carbocycles. The third-order valence-electron chi connectivity index (χ3n) is 3.85. The van der Waals surface area contributed by atoms with Gasteiger partial charge in [-0.05, 0) is 12.1 Å². The van der Waals surface area contributed by atoms with Gasteiger partial charge >= 0.3 is 0 Å². The van der Waals surface area contributed by atoms with E-state index in [4.69, 9.17) is 9.26 Å². The largest absolute Gasteiger partial charge is 0.497 e. The maximum atomic E-state index is 12.3. The highest BCUT2D eigenvalue weighted by molar-refractivity contribution is 7.15. The lowest BCUT2D eigenvalue weighted by Crippen LogP contribution is -2.26. The van der Waals surface area contributed by atoms with Crippen LogP contribution in [0.1, 0.15) is 16.2 Å². The zero-order valence-electron chi connectivity index (χ0n) is 13.9. The summed E-state index contributed by atoms with van der Waals surface area (Å²) in [5, 5.41) is 12.8. The highest BCUT2D eigenvalue weighted by atomic mass is 32.1. The molecule has 3 heterocycles. The summed E-state index contributed by atoms with van der Waals surface area (Å²) >= 11 is 1.52. The maximum Gasteiger partial charge on any atom is 0.273 e. The molecule has 0 atom stereocenters. The van der Waals surface area contributed by atoms with Gasteiger partial charge < -0.3 is 14.6 Å². The number of benzene rings is 1. The third kappa shape index (κ3) is 3.16. The second-order valence-electron chi connectivity index (χ2n) is 5.50. The molecular weight excluding hydrogens is 354 g/mol. The van der Waals surface area contributed by atoms with E-state index in [1.54, 1.807) is 17.7 Å². The molecule has 8 nitrogen and oxygen atoms in total. The molecule has 0 radical (unpaired) electrons. The van der Waals surface area contributed by atoms with Crippen LogP contribution in [0, 0.1) is 0 Å². The van der Waals surface area contributed by atoms with Gasteiger partial charge in [-0.15, -0.1) is 11.3 Å². The lowest BCUT2D eigenvalue weighted by atomic mass is 10.1. The van der Waals surface area contributed by atoms with E-state index in [2.05, 4.69) is 20.6 Å². The number of rotatable bonds is 6. The van der Waals surface area contributed by atoms with E-state index >= 15 is 0 Å². The van der Waals surface area contributed by atoms with E-state index in [1.165, 1.54) is 17.7 Å². The summed E-state index contributed by atoms with van der Waals surface area (Å²) in [5.41, 5.74) is 2.03. The van der Waals surface area contributed by atoms with Gasteiger partial charge in [0.25, 0.3) is 5.91 Å². The first-order valence-electron chi connectivity index (χ1n) is 7.90. The fourth-order valence-corrected chi connectivity index (χ4v) is 3.36. The number of nitrogens with zero attached hydrogens (tertiary/aromatic N) is 4. The molecule has 0 saturated heterocycles. The van der Waals surface area contributed by atoms with Crippen molar-refractivity contribution >= 4 is 22.2 Å². The van der Waals surface area contributed by atoms with Crippen molar-refractivity contribution < 1.29 is 14.1 Å². The standard InChI is InChI=1S/C17H15N5O3S/c1-24-13-4-2-3-11(7-13)15-8-14(21-25-15)16(23)18-6-5-12-9-26-17-19-10-20-22(12)17/h2-4,7-10H,5-6H2,1H3,(H,18,23). The van der Waals surface area contributed by atoms with Crippen molar-refractivity contribution in [1.82, 2.24) is 25.1 Å². The van der Waals surface area contributed by atoms with Gasteiger partial charge in [0.2, 0.25) is 4.96 Å². The number of methoxy groups -OCH3 is 1. The number of hydrogen-bond donors (Lipinski definition) is 1. The quantitative estimate of drug-likeness (QED) is 0.561. The highest BCUT2D eigenvalue weighted by Gasteiger charge is 2.14. The summed E-state index contributed by atoms with van der Waals surface area (Å²) in [7, 11) is 1.60. The highest BCUT2D eigenvalue weighted by Crippen LogP contribution is 2.24. The Hall–Kier alpha value is -3.20. The molecule has 0 aliphatic rings. The lowest BCUT2D eigenvalue weighted by Gasteiger charge is -2.01. The molecule has 0 aliphatic carbocycles. The zero-order chi connectivity index (χ0) is 17.9. The summed E-state index contributed by atoms with van der Waals surface area (Å²) in [5.74, 6) is 0.934. The fraction of sp³-hybridized carbons (Fsp3) is 0.176. The Morgan fingerprint density at radius 1 is 1.38 bits per heavy atom. The molecule has 1 amide bonds. The second-order valence-corrected chi connectivity index (χ2v) is 6.33. The minimum atomic E-state index is -0.284. The predicted molar refractivity (Wildman–Crippen MR) is 95.4 cm³/mol. The number of nitrogens with one attached hydrogen (secondary N) is 1. The lowest BCUT2D eigenvalue weighted by molar-refractivity contribution is 0.0945. The molecule has 3 aromatic heterocycles. The van der Waals surface area contributed by atoms with Crippen LogP contribution in [0.2, 0.25) is 0 Å². The summed E-state index contributed by atoms with van der Waals surface area (Å²) < 4.78 is 12.2. The van der Waals surface area contributed by atoms with E-state index in [0.29, 0.717) is 24.5 Å². The SMILES string of the molecule is COc1cccc(-c2cc(C(=O)NCCc3csc4ncnn34)no2)c1. The number of amides is 1. The van der Waals surface area contributed by atoms with Gasteiger partial charge in [0.15, 0.2) is 11.5 Å². The summed E-state index contributed by atoms with van der Waals surface area (Å²) in [6.45, 7) is 0.464. The molecule has 1 N–H and O–H groups in total. The molecule has 0 fully saturated rings. The zero-order valence-corrected chi connectivity index (χ0v) is 14.7. The van der Waals surface area contributed by atoms with Crippen LogP contribution in [-0.2, 0) is 6.42 Å². The van der Waals surface area contributed by atoms with Gasteiger partial charge in [-0.2, -0.15) is 5.10 Å². The Kier molecular flexibility index (Phi) is 4.36. The van der Waals surface area contributed by atoms with Crippen molar-refractivity contribution in [2.45, 2.75) is 6.42 Å². The number of hydrogen-bond acceptors (Lipinski definition) is 7. The number of ether oxygens (including phenoxy) is 1. The second kappa shape index (κ2) is 6.96. The normalized spacial score (nSPS) is 11.0. The van der Waals surface area contributed by atoms with Crippen molar-refractivity contribution in [3.63, 3.8) is 0 Å². The first kappa shape index (κ1) is 16.3. The Morgan fingerprint density at radius 3 is 3.19 bits per heavy atom. The van der Waals surface area contributed by atoms with E-state index < -0.39 is 0 Å². The van der Waals surface area contributed by atoms with E-state index in [-0.39, 0.29) is 11.6 Å². The summed E-state index contributed by atoms with van der Waals surface area (Å²) in [6.07, 6.45) is 2.17. The average Bonchev–Trinajstić information content (AvgIpc) is 3.39. The molecule has 0 aliphatic heterocycles. The van der Waals surface area contributed by atoms with Crippen molar-refractivity contribution in [3.05, 3.63) is 53.4 Å². The molecule has 1 aromatic carbocycles. The predicted octanol–water partition coefficient (Wildman–Crippen LogP) is 2.43. The Labute approximate surface area is 152 Å². The monoisotopic (exact) mass is 369 g/mol. The van der Waals surface area contributed by atoms with Crippen molar-refractivity contribution in [3.8, 4) is 17.1 Å². The van der Waals surface area contributed by atoms with E-state index in [0.717, 1.165) is 16.2 Å². The Bertz CT molecular complexity index is 1050. The van der Waals surface area contributed by atoms with Crippen LogP contribution in [0.3, 0.4) is 0 Å². The van der Waals surface area contributed by atoms with Crippen molar-refractivity contribution in [2.24, 2.45) is 0 Å². The van der Waals surface area contributed by atoms with Crippen LogP contribution < -0.4 is 10.1 Å².